The van der Waals surface area contributed by atoms with E-state index < -0.39 is 0 Å². The van der Waals surface area contributed by atoms with Crippen LogP contribution in [0.5, 0.6) is 0 Å². The van der Waals surface area contributed by atoms with Crippen LogP contribution in [0.15, 0.2) is 18.2 Å². The molecule has 0 radical (unpaired) electrons. The Hall–Kier alpha value is -1.02. The maximum absolute atomic E-state index is 5.91. The maximum Gasteiger partial charge on any atom is 0.0328 e. The molecule has 21 heavy (non-hydrogen) atoms. The summed E-state index contributed by atoms with van der Waals surface area (Å²) in [5.41, 5.74) is 10.6. The predicted molar refractivity (Wildman–Crippen MR) is 90.3 cm³/mol. The standard InChI is InChI=1S/C19H30N2/c1-18(2)10-15(11-19(3,4)12-18)21-17-8-5-13-9-14(20)6-7-16(13)17/h6-7,9,15,17,21H,5,8,10-12,20H2,1-4H3. The zero-order chi connectivity index (χ0) is 15.3. The molecule has 3 rings (SSSR count). The van der Waals surface area contributed by atoms with Gasteiger partial charge in [0.05, 0.1) is 0 Å². The molecule has 1 saturated carbocycles. The van der Waals surface area contributed by atoms with Gasteiger partial charge in [0.25, 0.3) is 0 Å². The Morgan fingerprint density at radius 1 is 1.10 bits per heavy atom. The van der Waals surface area contributed by atoms with Gasteiger partial charge < -0.3 is 11.1 Å². The first-order chi connectivity index (χ1) is 9.74. The van der Waals surface area contributed by atoms with Gasteiger partial charge in [-0.05, 0) is 66.2 Å². The fourth-order valence-corrected chi connectivity index (χ4v) is 5.06. The lowest BCUT2D eigenvalue weighted by Crippen LogP contribution is -2.44. The summed E-state index contributed by atoms with van der Waals surface area (Å²) in [5, 5.41) is 3.96. The van der Waals surface area contributed by atoms with E-state index in [0.717, 1.165) is 12.1 Å². The molecule has 0 spiro atoms. The number of nitrogen functional groups attached to an aromatic ring is 1. The summed E-state index contributed by atoms with van der Waals surface area (Å²) >= 11 is 0. The van der Waals surface area contributed by atoms with Gasteiger partial charge >= 0.3 is 0 Å². The number of rotatable bonds is 2. The molecule has 3 N–H and O–H groups in total. The van der Waals surface area contributed by atoms with Crippen molar-refractivity contribution in [2.24, 2.45) is 10.8 Å². The van der Waals surface area contributed by atoms with Crippen molar-refractivity contribution in [1.29, 1.82) is 0 Å². The summed E-state index contributed by atoms with van der Waals surface area (Å²) in [7, 11) is 0. The minimum atomic E-state index is 0.446. The van der Waals surface area contributed by atoms with Gasteiger partial charge in [-0.1, -0.05) is 33.8 Å². The molecule has 0 aliphatic heterocycles. The largest absolute Gasteiger partial charge is 0.399 e. The molecule has 0 aromatic heterocycles. The fourth-order valence-electron chi connectivity index (χ4n) is 5.06. The Bertz CT molecular complexity index is 514. The Labute approximate surface area is 129 Å². The minimum Gasteiger partial charge on any atom is -0.399 e. The van der Waals surface area contributed by atoms with Gasteiger partial charge in [-0.25, -0.2) is 0 Å². The Balaban J connectivity index is 1.74. The van der Waals surface area contributed by atoms with E-state index in [4.69, 9.17) is 5.73 Å². The monoisotopic (exact) mass is 286 g/mol. The van der Waals surface area contributed by atoms with E-state index in [2.05, 4.69) is 45.1 Å². The normalized spacial score (nSPS) is 27.5. The number of nitrogens with two attached hydrogens (primary N) is 1. The third-order valence-electron chi connectivity index (χ3n) is 5.24. The SMILES string of the molecule is CC1(C)CC(NC2CCc3cc(N)ccc32)CC(C)(C)C1. The molecule has 2 nitrogen and oxygen atoms in total. The molecule has 1 aromatic rings. The van der Waals surface area contributed by atoms with Crippen molar-refractivity contribution in [2.45, 2.75) is 71.9 Å². The molecule has 0 amide bonds. The van der Waals surface area contributed by atoms with Crippen molar-refractivity contribution in [3.8, 4) is 0 Å². The number of aryl methyl sites for hydroxylation is 1. The minimum absolute atomic E-state index is 0.446. The lowest BCUT2D eigenvalue weighted by atomic mass is 9.63. The van der Waals surface area contributed by atoms with Crippen molar-refractivity contribution in [1.82, 2.24) is 5.32 Å². The Morgan fingerprint density at radius 2 is 1.76 bits per heavy atom. The first-order valence-corrected chi connectivity index (χ1v) is 8.39. The van der Waals surface area contributed by atoms with Crippen molar-refractivity contribution in [3.05, 3.63) is 29.3 Å². The number of anilines is 1. The molecule has 2 aliphatic carbocycles. The van der Waals surface area contributed by atoms with Crippen LogP contribution in [0.4, 0.5) is 5.69 Å². The topological polar surface area (TPSA) is 38.0 Å². The smallest absolute Gasteiger partial charge is 0.0328 e. The number of fused-ring (bicyclic) bond motifs is 1. The Morgan fingerprint density at radius 3 is 2.43 bits per heavy atom. The highest BCUT2D eigenvalue weighted by Gasteiger charge is 2.39. The van der Waals surface area contributed by atoms with Crippen LogP contribution in [0.1, 0.15) is 70.5 Å². The van der Waals surface area contributed by atoms with Crippen molar-refractivity contribution >= 4 is 5.69 Å². The summed E-state index contributed by atoms with van der Waals surface area (Å²) in [6.07, 6.45) is 6.29. The van der Waals surface area contributed by atoms with Crippen LogP contribution in [0.3, 0.4) is 0 Å². The maximum atomic E-state index is 5.91. The number of hydrogen-bond donors (Lipinski definition) is 2. The molecule has 1 fully saturated rings. The molecule has 0 heterocycles. The van der Waals surface area contributed by atoms with E-state index >= 15 is 0 Å². The van der Waals surface area contributed by atoms with Crippen LogP contribution in [0.2, 0.25) is 0 Å². The van der Waals surface area contributed by atoms with Crippen molar-refractivity contribution in [3.63, 3.8) is 0 Å². The van der Waals surface area contributed by atoms with E-state index in [0.29, 0.717) is 22.9 Å². The summed E-state index contributed by atoms with van der Waals surface area (Å²) in [6.45, 7) is 9.69. The van der Waals surface area contributed by atoms with E-state index in [1.54, 1.807) is 0 Å². The van der Waals surface area contributed by atoms with Crippen LogP contribution < -0.4 is 11.1 Å². The van der Waals surface area contributed by atoms with Crippen LogP contribution in [0.25, 0.3) is 0 Å². The van der Waals surface area contributed by atoms with E-state index in [-0.39, 0.29) is 0 Å². The Kier molecular flexibility index (Phi) is 3.56. The molecule has 116 valence electrons. The number of hydrogen-bond acceptors (Lipinski definition) is 2. The second-order valence-electron chi connectivity index (χ2n) is 8.83. The number of benzene rings is 1. The van der Waals surface area contributed by atoms with E-state index in [9.17, 15) is 0 Å². The third kappa shape index (κ3) is 3.26. The second kappa shape index (κ2) is 5.01. The van der Waals surface area contributed by atoms with Crippen LogP contribution >= 0.6 is 0 Å². The molecule has 2 aliphatic rings. The van der Waals surface area contributed by atoms with Gasteiger partial charge in [-0.3, -0.25) is 0 Å². The highest BCUT2D eigenvalue weighted by atomic mass is 15.0. The summed E-state index contributed by atoms with van der Waals surface area (Å²) in [4.78, 5) is 0. The summed E-state index contributed by atoms with van der Waals surface area (Å²) < 4.78 is 0. The molecule has 0 saturated heterocycles. The average molecular weight is 286 g/mol. The third-order valence-corrected chi connectivity index (χ3v) is 5.24. The first-order valence-electron chi connectivity index (χ1n) is 8.39. The zero-order valence-corrected chi connectivity index (χ0v) is 14.0. The van der Waals surface area contributed by atoms with Gasteiger partial charge in [0, 0.05) is 17.8 Å². The summed E-state index contributed by atoms with van der Waals surface area (Å²) in [6, 6.07) is 7.60. The van der Waals surface area contributed by atoms with E-state index in [1.807, 2.05) is 6.07 Å². The molecular formula is C19H30N2. The molecule has 1 aromatic carbocycles. The van der Waals surface area contributed by atoms with Gasteiger partial charge in [-0.15, -0.1) is 0 Å². The lowest BCUT2D eigenvalue weighted by molar-refractivity contribution is 0.0802. The molecule has 1 unspecified atom stereocenters. The highest BCUT2D eigenvalue weighted by molar-refractivity contribution is 5.47. The van der Waals surface area contributed by atoms with E-state index in [1.165, 1.54) is 36.8 Å². The van der Waals surface area contributed by atoms with Gasteiger partial charge in [-0.2, -0.15) is 0 Å². The molecule has 2 heteroatoms. The van der Waals surface area contributed by atoms with Crippen LogP contribution in [-0.4, -0.2) is 6.04 Å². The first kappa shape index (κ1) is 14.9. The fraction of sp³-hybridized carbons (Fsp3) is 0.684. The van der Waals surface area contributed by atoms with Crippen molar-refractivity contribution < 1.29 is 0 Å². The predicted octanol–water partition coefficient (Wildman–Crippen LogP) is 4.45. The van der Waals surface area contributed by atoms with Crippen molar-refractivity contribution in [2.75, 3.05) is 5.73 Å². The zero-order valence-electron chi connectivity index (χ0n) is 14.0. The highest BCUT2D eigenvalue weighted by Crippen LogP contribution is 2.46. The quantitative estimate of drug-likeness (QED) is 0.788. The van der Waals surface area contributed by atoms with Crippen LogP contribution in [0, 0.1) is 10.8 Å². The summed E-state index contributed by atoms with van der Waals surface area (Å²) in [5.74, 6) is 0. The van der Waals surface area contributed by atoms with Gasteiger partial charge in [0.15, 0.2) is 0 Å². The lowest BCUT2D eigenvalue weighted by Gasteiger charge is -2.46. The molecule has 0 bridgehead atoms. The number of nitrogens with one attached hydrogen (secondary N) is 1. The molecule has 1 atom stereocenters. The molecular weight excluding hydrogens is 256 g/mol. The van der Waals surface area contributed by atoms with Gasteiger partial charge in [0.2, 0.25) is 0 Å². The van der Waals surface area contributed by atoms with Crippen LogP contribution in [-0.2, 0) is 6.42 Å². The van der Waals surface area contributed by atoms with Gasteiger partial charge in [0.1, 0.15) is 0 Å². The average Bonchev–Trinajstić information content (AvgIpc) is 2.67. The second-order valence-corrected chi connectivity index (χ2v) is 8.83.